The molecule has 0 unspecified atom stereocenters. The fourth-order valence-corrected chi connectivity index (χ4v) is 1.19. The number of carbonyl (C=O) groups excluding carboxylic acids is 1. The zero-order valence-corrected chi connectivity index (χ0v) is 9.27. The van der Waals surface area contributed by atoms with Gasteiger partial charge in [0, 0.05) is 2.74 Å². The number of rotatable bonds is 4. The molecule has 0 aromatic rings. The number of carboxylic acid groups (broad SMARTS) is 1. The maximum atomic E-state index is 12.7. The van der Waals surface area contributed by atoms with Crippen LogP contribution < -0.4 is 5.31 Å². The lowest BCUT2D eigenvalue weighted by Gasteiger charge is -2.33. The van der Waals surface area contributed by atoms with Crippen LogP contribution >= 0.6 is 0 Å². The summed E-state index contributed by atoms with van der Waals surface area (Å²) in [5, 5.41) is 8.03. The van der Waals surface area contributed by atoms with E-state index in [2.05, 4.69) is 6.58 Å². The van der Waals surface area contributed by atoms with Crippen LogP contribution in [0.15, 0.2) is 12.6 Å². The molecule has 1 fully saturated rings. The van der Waals surface area contributed by atoms with Crippen LogP contribution in [-0.2, 0) is 9.53 Å². The van der Waals surface area contributed by atoms with Crippen LogP contribution in [0, 0.1) is 0 Å². The van der Waals surface area contributed by atoms with E-state index in [1.54, 1.807) is 0 Å². The summed E-state index contributed by atoms with van der Waals surface area (Å²) in [6.07, 6.45) is -5.39. The van der Waals surface area contributed by atoms with Gasteiger partial charge in [0.05, 0.1) is 20.8 Å². The monoisotopic (exact) mass is 251 g/mol. The minimum absolute atomic E-state index is 0.0319. The average molecular weight is 251 g/mol. The molecule has 2 amide bonds. The van der Waals surface area contributed by atoms with Crippen molar-refractivity contribution >= 4 is 12.0 Å². The molecule has 0 saturated carbocycles. The standard InChI is InChI=1S/C11H18N2O4/c1-4-5-8-7-17-11(2,3)13(8)9(14)6-12-10(15)16/h4,8,12H,1,5-7H2,2-3H3,(H,15,16)/t8-/m0/s1/i4D,5D2,6D2,7D2,8D/hD. The predicted octanol–water partition coefficient (Wildman–Crippen LogP) is 0.794. The third-order valence-corrected chi connectivity index (χ3v) is 1.82. The van der Waals surface area contributed by atoms with Gasteiger partial charge in [-0.05, 0) is 20.2 Å². The molecule has 0 aliphatic carbocycles. The normalized spacial score (nSPS) is 38.9. The second kappa shape index (κ2) is 5.18. The molecule has 1 aliphatic rings. The molecule has 1 rings (SSSR count). The third-order valence-electron chi connectivity index (χ3n) is 1.82. The average Bonchev–Trinajstić information content (AvgIpc) is 2.58. The topological polar surface area (TPSA) is 78.9 Å². The molecule has 1 aliphatic heterocycles. The lowest BCUT2D eigenvalue weighted by Crippen LogP contribution is -2.51. The van der Waals surface area contributed by atoms with E-state index in [1.165, 1.54) is 0 Å². The molecule has 1 saturated heterocycles. The van der Waals surface area contributed by atoms with E-state index < -0.39 is 54.5 Å². The number of hydrogen-bond acceptors (Lipinski definition) is 3. The van der Waals surface area contributed by atoms with Crippen molar-refractivity contribution in [2.75, 3.05) is 13.1 Å². The van der Waals surface area contributed by atoms with Gasteiger partial charge in [-0.2, -0.15) is 0 Å². The number of amides is 2. The Hall–Kier alpha value is -1.56. The highest BCUT2D eigenvalue weighted by molar-refractivity contribution is 5.82. The predicted molar refractivity (Wildman–Crippen MR) is 61.5 cm³/mol. The molecule has 0 radical (unpaired) electrons. The van der Waals surface area contributed by atoms with Crippen molar-refractivity contribution < 1.29 is 31.8 Å². The zero-order chi connectivity index (χ0) is 21.1. The van der Waals surface area contributed by atoms with Crippen LogP contribution in [0.2, 0.25) is 1.41 Å². The molecule has 1 heterocycles. The quantitative estimate of drug-likeness (QED) is 0.724. The van der Waals surface area contributed by atoms with Gasteiger partial charge in [-0.25, -0.2) is 4.79 Å². The Morgan fingerprint density at radius 1 is 2.00 bits per heavy atom. The fraction of sp³-hybridized carbons (Fsp3) is 0.636. The van der Waals surface area contributed by atoms with Crippen molar-refractivity contribution in [3.8, 4) is 0 Å². The molecule has 1 atom stereocenters. The van der Waals surface area contributed by atoms with Crippen LogP contribution in [0.4, 0.5) is 4.79 Å². The summed E-state index contributed by atoms with van der Waals surface area (Å²) in [5.74, 6) is -1.90. The van der Waals surface area contributed by atoms with Crippen molar-refractivity contribution in [1.29, 1.82) is 0 Å². The molecule has 6 nitrogen and oxygen atoms in total. The Morgan fingerprint density at radius 2 is 2.65 bits per heavy atom. The maximum absolute atomic E-state index is 12.7. The fourth-order valence-electron chi connectivity index (χ4n) is 1.19. The Bertz CT molecular complexity index is 654. The molecule has 0 bridgehead atoms. The zero-order valence-electron chi connectivity index (χ0n) is 18.3. The molecule has 2 N–H and O–H groups in total. The van der Waals surface area contributed by atoms with E-state index in [1.807, 2.05) is 0 Å². The number of carbonyl (C=O) groups is 2. The maximum Gasteiger partial charge on any atom is 0.405 e. The van der Waals surface area contributed by atoms with E-state index in [0.717, 1.165) is 13.8 Å². The van der Waals surface area contributed by atoms with E-state index >= 15 is 0 Å². The molecule has 0 spiro atoms. The van der Waals surface area contributed by atoms with Gasteiger partial charge in [0.1, 0.15) is 12.2 Å². The summed E-state index contributed by atoms with van der Waals surface area (Å²) < 4.78 is 74.7. The SMILES string of the molecule is [2H]C(=C)C([2H])([2H])[C@]1([2H])N(C(=O)C([2H])([2H])N([2H])C(=O)O)C(C)(C)OC1([2H])[2H]. The van der Waals surface area contributed by atoms with Crippen LogP contribution in [0.1, 0.15) is 31.2 Å². The Morgan fingerprint density at radius 3 is 3.18 bits per heavy atom. The minimum atomic E-state index is -3.60. The highest BCUT2D eigenvalue weighted by Crippen LogP contribution is 2.28. The summed E-state index contributed by atoms with van der Waals surface area (Å²) in [7, 11) is 0. The molecule has 0 aromatic heterocycles. The summed E-state index contributed by atoms with van der Waals surface area (Å²) in [4.78, 5) is 23.6. The van der Waals surface area contributed by atoms with Crippen LogP contribution in [0.25, 0.3) is 0 Å². The number of ether oxygens (including phenoxy) is 1. The van der Waals surface area contributed by atoms with Gasteiger partial charge >= 0.3 is 6.09 Å². The molecular weight excluding hydrogens is 224 g/mol. The van der Waals surface area contributed by atoms with Gasteiger partial charge in [-0.1, -0.05) is 6.05 Å². The Balaban J connectivity index is 3.71. The minimum Gasteiger partial charge on any atom is -0.465 e. The van der Waals surface area contributed by atoms with Crippen LogP contribution in [0.3, 0.4) is 0 Å². The van der Waals surface area contributed by atoms with E-state index in [0.29, 0.717) is 0 Å². The van der Waals surface area contributed by atoms with Crippen molar-refractivity contribution in [2.45, 2.75) is 32.0 Å². The number of nitrogens with zero attached hydrogens (tertiary/aromatic N) is 1. The first-order chi connectivity index (χ1) is 11.3. The van der Waals surface area contributed by atoms with E-state index in [9.17, 15) is 9.59 Å². The van der Waals surface area contributed by atoms with Crippen molar-refractivity contribution in [1.82, 2.24) is 10.2 Å². The second-order valence-electron chi connectivity index (χ2n) is 3.45. The van der Waals surface area contributed by atoms with Crippen molar-refractivity contribution in [3.05, 3.63) is 12.6 Å². The van der Waals surface area contributed by atoms with Crippen LogP contribution in [-0.4, -0.2) is 46.8 Å². The van der Waals surface area contributed by atoms with Gasteiger partial charge in [0.15, 0.2) is 1.41 Å². The lowest BCUT2D eigenvalue weighted by atomic mass is 10.1. The van der Waals surface area contributed by atoms with Gasteiger partial charge < -0.3 is 20.1 Å². The van der Waals surface area contributed by atoms with Crippen molar-refractivity contribution in [2.24, 2.45) is 0 Å². The summed E-state index contributed by atoms with van der Waals surface area (Å²) in [6, 6.07) is -4.43. The first kappa shape index (κ1) is 5.39. The number of hydrogen-bond donors (Lipinski definition) is 2. The number of nitrogens with one attached hydrogen (secondary N) is 1. The summed E-state index contributed by atoms with van der Waals surface area (Å²) in [5.41, 5.74) is -2.11. The highest BCUT2D eigenvalue weighted by Gasteiger charge is 2.42. The molecule has 96 valence electrons. The van der Waals surface area contributed by atoms with Gasteiger partial charge in [0.2, 0.25) is 5.91 Å². The molecule has 6 heteroatoms. The molecule has 0 aromatic carbocycles. The van der Waals surface area contributed by atoms with E-state index in [-0.39, 0.29) is 4.90 Å². The first-order valence-electron chi connectivity index (χ1n) is 8.96. The summed E-state index contributed by atoms with van der Waals surface area (Å²) >= 11 is 0. The lowest BCUT2D eigenvalue weighted by molar-refractivity contribution is -0.144. The summed E-state index contributed by atoms with van der Waals surface area (Å²) in [6.45, 7) is -1.73. The van der Waals surface area contributed by atoms with Gasteiger partial charge in [-0.15, -0.1) is 6.58 Å². The molecule has 17 heavy (non-hydrogen) atoms. The van der Waals surface area contributed by atoms with E-state index in [4.69, 9.17) is 22.2 Å². The van der Waals surface area contributed by atoms with Gasteiger partial charge in [-0.3, -0.25) is 4.79 Å². The van der Waals surface area contributed by atoms with Crippen LogP contribution in [0.5, 0.6) is 0 Å². The van der Waals surface area contributed by atoms with Gasteiger partial charge in [0.25, 0.3) is 0 Å². The largest absolute Gasteiger partial charge is 0.465 e. The third kappa shape index (κ3) is 3.20. The highest BCUT2D eigenvalue weighted by atomic mass is 16.5. The smallest absolute Gasteiger partial charge is 0.405 e. The second-order valence-corrected chi connectivity index (χ2v) is 3.45. The Labute approximate surface area is 113 Å². The Kier molecular flexibility index (Phi) is 1.64. The first-order valence-corrected chi connectivity index (χ1v) is 4.51. The molecular formula is C11H18N2O4. The van der Waals surface area contributed by atoms with Crippen molar-refractivity contribution in [3.63, 3.8) is 0 Å².